The van der Waals surface area contributed by atoms with Crippen LogP contribution in [0.2, 0.25) is 0 Å². The van der Waals surface area contributed by atoms with Gasteiger partial charge in [0.25, 0.3) is 0 Å². The molecule has 0 fully saturated rings. The molecule has 0 atom stereocenters. The fraction of sp³-hybridized carbons (Fsp3) is 0.833. The highest BCUT2D eigenvalue weighted by atomic mass is 33.1. The third kappa shape index (κ3) is 14.7. The van der Waals surface area contributed by atoms with Gasteiger partial charge in [0, 0.05) is 33.1 Å². The zero-order valence-electron chi connectivity index (χ0n) is 11.9. The van der Waals surface area contributed by atoms with Crippen molar-refractivity contribution in [1.29, 1.82) is 0 Å². The van der Waals surface area contributed by atoms with Crippen molar-refractivity contribution in [3.05, 3.63) is 0 Å². The van der Waals surface area contributed by atoms with E-state index in [0.29, 0.717) is 13.2 Å². The zero-order valence-corrected chi connectivity index (χ0v) is 15.2. The molecule has 0 aromatic rings. The van der Waals surface area contributed by atoms with Crippen LogP contribution in [0.4, 0.5) is 9.59 Å². The van der Waals surface area contributed by atoms with Gasteiger partial charge in [0.05, 0.1) is 13.2 Å². The molecule has 0 saturated carbocycles. The van der Waals surface area contributed by atoms with E-state index in [1.165, 1.54) is 21.6 Å². The van der Waals surface area contributed by atoms with E-state index >= 15 is 0 Å². The van der Waals surface area contributed by atoms with Gasteiger partial charge in [0.15, 0.2) is 0 Å². The first-order chi connectivity index (χ1) is 9.70. The normalized spacial score (nSPS) is 10.3. The molecule has 0 spiro atoms. The lowest BCUT2D eigenvalue weighted by Gasteiger charge is -2.03. The summed E-state index contributed by atoms with van der Waals surface area (Å²) in [6.07, 6.45) is 3.85. The average molecular weight is 359 g/mol. The highest BCUT2D eigenvalue weighted by Gasteiger charge is 2.06. The molecule has 0 saturated heterocycles. The molecule has 0 aromatic heterocycles. The first-order valence-electron chi connectivity index (χ1n) is 6.63. The lowest BCUT2D eigenvalue weighted by atomic mass is 10.4. The van der Waals surface area contributed by atoms with Gasteiger partial charge in [-0.05, 0) is 12.8 Å². The average Bonchev–Trinajstić information content (AvgIpc) is 2.43. The quantitative estimate of drug-likeness (QED) is 0.268. The van der Waals surface area contributed by atoms with Gasteiger partial charge in [-0.25, -0.2) is 9.59 Å². The Kier molecular flexibility index (Phi) is 16.0. The summed E-state index contributed by atoms with van der Waals surface area (Å²) in [6.45, 7) is 5.10. The zero-order chi connectivity index (χ0) is 15.1. The minimum absolute atomic E-state index is 0.236. The van der Waals surface area contributed by atoms with Gasteiger partial charge in [0.2, 0.25) is 0 Å². The third-order valence-corrected chi connectivity index (χ3v) is 6.21. The van der Waals surface area contributed by atoms with Crippen LogP contribution in [0.5, 0.6) is 0 Å². The topological polar surface area (TPSA) is 52.6 Å². The Morgan fingerprint density at radius 1 is 0.800 bits per heavy atom. The third-order valence-electron chi connectivity index (χ3n) is 1.94. The van der Waals surface area contributed by atoms with Crippen LogP contribution in [0.15, 0.2) is 0 Å². The van der Waals surface area contributed by atoms with E-state index < -0.39 is 0 Å². The van der Waals surface area contributed by atoms with Crippen LogP contribution in [0.1, 0.15) is 39.5 Å². The van der Waals surface area contributed by atoms with E-state index in [9.17, 15) is 9.59 Å². The molecule has 118 valence electrons. The number of hydrogen-bond donors (Lipinski definition) is 0. The van der Waals surface area contributed by atoms with Crippen LogP contribution in [-0.2, 0) is 9.47 Å². The molecule has 0 heterocycles. The minimum atomic E-state index is -0.236. The summed E-state index contributed by atoms with van der Waals surface area (Å²) in [6, 6.07) is 0. The Morgan fingerprint density at radius 2 is 1.20 bits per heavy atom. The number of carbonyl (C=O) groups excluding carboxylic acids is 2. The molecule has 0 radical (unpaired) electrons. The van der Waals surface area contributed by atoms with E-state index in [1.54, 1.807) is 0 Å². The smallest absolute Gasteiger partial charge is 0.378 e. The van der Waals surface area contributed by atoms with Crippen LogP contribution >= 0.6 is 43.2 Å². The maximum Gasteiger partial charge on any atom is 0.378 e. The summed E-state index contributed by atoms with van der Waals surface area (Å²) >= 11 is 0. The molecule has 0 aromatic carbocycles. The molecule has 20 heavy (non-hydrogen) atoms. The fourth-order valence-corrected chi connectivity index (χ4v) is 4.65. The van der Waals surface area contributed by atoms with Crippen molar-refractivity contribution in [2.24, 2.45) is 0 Å². The molecule has 0 aliphatic heterocycles. The Hall–Kier alpha value is 0.340. The summed E-state index contributed by atoms with van der Waals surface area (Å²) in [7, 11) is 5.14. The number of unbranched alkanes of at least 4 members (excludes halogenated alkanes) is 2. The molecular formula is C12H22O4S4. The van der Waals surface area contributed by atoms with Gasteiger partial charge in [0.1, 0.15) is 0 Å². The predicted molar refractivity (Wildman–Crippen MR) is 92.6 cm³/mol. The maximum atomic E-state index is 11.2. The van der Waals surface area contributed by atoms with Gasteiger partial charge in [-0.15, -0.1) is 0 Å². The van der Waals surface area contributed by atoms with Gasteiger partial charge in [-0.3, -0.25) is 0 Å². The highest BCUT2D eigenvalue weighted by molar-refractivity contribution is 8.83. The molecule has 0 aliphatic rings. The maximum absolute atomic E-state index is 11.2. The molecule has 0 amide bonds. The van der Waals surface area contributed by atoms with Gasteiger partial charge >= 0.3 is 10.6 Å². The summed E-state index contributed by atoms with van der Waals surface area (Å²) < 4.78 is 10.00. The number of rotatable bonds is 11. The van der Waals surface area contributed by atoms with E-state index in [1.807, 2.05) is 0 Å². The van der Waals surface area contributed by atoms with Gasteiger partial charge < -0.3 is 9.47 Å². The largest absolute Gasteiger partial charge is 0.457 e. The molecular weight excluding hydrogens is 336 g/mol. The molecule has 0 bridgehead atoms. The molecule has 0 aliphatic carbocycles. The Balaban J connectivity index is 3.27. The van der Waals surface area contributed by atoms with Crippen molar-refractivity contribution in [3.63, 3.8) is 0 Å². The lowest BCUT2D eigenvalue weighted by molar-refractivity contribution is 0.173. The minimum Gasteiger partial charge on any atom is -0.457 e. The van der Waals surface area contributed by atoms with Crippen LogP contribution in [0.3, 0.4) is 0 Å². The predicted octanol–water partition coefficient (Wildman–Crippen LogP) is 5.62. The number of carbonyl (C=O) groups is 2. The van der Waals surface area contributed by atoms with Crippen molar-refractivity contribution in [2.45, 2.75) is 39.5 Å². The van der Waals surface area contributed by atoms with Crippen molar-refractivity contribution in [2.75, 3.05) is 24.7 Å². The first-order valence-corrected chi connectivity index (χ1v) is 11.3. The van der Waals surface area contributed by atoms with Gasteiger partial charge in [-0.1, -0.05) is 48.3 Å². The van der Waals surface area contributed by atoms with Crippen LogP contribution in [0, 0.1) is 0 Å². The van der Waals surface area contributed by atoms with Crippen molar-refractivity contribution in [1.82, 2.24) is 0 Å². The second-order valence-corrected chi connectivity index (χ2v) is 8.42. The van der Waals surface area contributed by atoms with E-state index in [2.05, 4.69) is 13.8 Å². The summed E-state index contributed by atoms with van der Waals surface area (Å²) in [4.78, 5) is 22.5. The monoisotopic (exact) mass is 358 g/mol. The van der Waals surface area contributed by atoms with Gasteiger partial charge in [-0.2, -0.15) is 0 Å². The first kappa shape index (κ1) is 20.3. The Morgan fingerprint density at radius 3 is 1.55 bits per heavy atom. The van der Waals surface area contributed by atoms with Crippen LogP contribution < -0.4 is 0 Å². The van der Waals surface area contributed by atoms with Crippen molar-refractivity contribution in [3.8, 4) is 0 Å². The molecule has 0 rings (SSSR count). The number of ether oxygens (including phenoxy) is 2. The van der Waals surface area contributed by atoms with Crippen molar-refractivity contribution >= 4 is 53.8 Å². The summed E-state index contributed by atoms with van der Waals surface area (Å²) in [5.74, 6) is 1.57. The lowest BCUT2D eigenvalue weighted by Crippen LogP contribution is -1.98. The molecule has 0 unspecified atom stereocenters. The Bertz CT molecular complexity index is 238. The van der Waals surface area contributed by atoms with E-state index in [0.717, 1.165) is 58.8 Å². The fourth-order valence-electron chi connectivity index (χ4n) is 0.895. The van der Waals surface area contributed by atoms with E-state index in [4.69, 9.17) is 9.47 Å². The van der Waals surface area contributed by atoms with Crippen LogP contribution in [-0.4, -0.2) is 35.3 Å². The van der Waals surface area contributed by atoms with E-state index in [-0.39, 0.29) is 10.6 Å². The standard InChI is InChI=1S/C12H22O4S4/c1-3-5-7-15-11(13)19-17-9-10-18-20-12(14)16-8-6-4-2/h3-10H2,1-2H3. The second-order valence-electron chi connectivity index (χ2n) is 3.71. The Labute approximate surface area is 137 Å². The number of hydrogen-bond acceptors (Lipinski definition) is 8. The summed E-state index contributed by atoms with van der Waals surface area (Å²) in [5, 5.41) is -0.472. The molecule has 4 nitrogen and oxygen atoms in total. The summed E-state index contributed by atoms with van der Waals surface area (Å²) in [5.41, 5.74) is 0. The molecule has 0 N–H and O–H groups in total. The van der Waals surface area contributed by atoms with Crippen molar-refractivity contribution < 1.29 is 19.1 Å². The second kappa shape index (κ2) is 15.7. The SMILES string of the molecule is CCCCOC(=O)SSCCSSC(=O)OCCCC. The highest BCUT2D eigenvalue weighted by Crippen LogP contribution is 2.29. The molecule has 8 heteroatoms. The van der Waals surface area contributed by atoms with Crippen LogP contribution in [0.25, 0.3) is 0 Å².